The van der Waals surface area contributed by atoms with Crippen molar-refractivity contribution in [3.63, 3.8) is 0 Å². The van der Waals surface area contributed by atoms with Crippen LogP contribution in [0.15, 0.2) is 30.3 Å². The molecule has 1 rings (SSSR count). The summed E-state index contributed by atoms with van der Waals surface area (Å²) in [5.74, 6) is -0.426. The first-order valence-corrected chi connectivity index (χ1v) is 5.13. The van der Waals surface area contributed by atoms with Gasteiger partial charge in [-0.05, 0) is 26.0 Å². The van der Waals surface area contributed by atoms with Crippen molar-refractivity contribution in [3.8, 4) is 5.75 Å². The van der Waals surface area contributed by atoms with Crippen molar-refractivity contribution >= 4 is 11.9 Å². The predicted octanol–water partition coefficient (Wildman–Crippen LogP) is 1.51. The van der Waals surface area contributed by atoms with Crippen LogP contribution in [0.5, 0.6) is 5.75 Å². The fraction of sp³-hybridized carbons (Fsp3) is 0.333. The summed E-state index contributed by atoms with van der Waals surface area (Å²) in [4.78, 5) is 22.6. The minimum atomic E-state index is -0.552. The molecule has 0 heterocycles. The van der Waals surface area contributed by atoms with Gasteiger partial charge in [0.05, 0.1) is 0 Å². The van der Waals surface area contributed by atoms with Crippen LogP contribution in [0.4, 0.5) is 0 Å². The van der Waals surface area contributed by atoms with Crippen LogP contribution in [0, 0.1) is 0 Å². The van der Waals surface area contributed by atoms with Crippen LogP contribution in [0.1, 0.15) is 20.3 Å². The lowest BCUT2D eigenvalue weighted by atomic mass is 10.3. The lowest BCUT2D eigenvalue weighted by molar-refractivity contribution is -0.138. The number of benzene rings is 1. The summed E-state index contributed by atoms with van der Waals surface area (Å²) in [7, 11) is 0. The van der Waals surface area contributed by atoms with Gasteiger partial charge in [0.25, 0.3) is 0 Å². The van der Waals surface area contributed by atoms with E-state index in [4.69, 9.17) is 4.74 Å². The van der Waals surface area contributed by atoms with Gasteiger partial charge in [-0.1, -0.05) is 18.2 Å². The van der Waals surface area contributed by atoms with Crippen molar-refractivity contribution in [1.29, 1.82) is 0 Å². The number of carbonyl (C=O) groups is 2. The third kappa shape index (κ3) is 4.59. The van der Waals surface area contributed by atoms with Gasteiger partial charge < -0.3 is 10.1 Å². The molecule has 0 unspecified atom stereocenters. The number of amides is 1. The molecular formula is C12H15NO3. The number of rotatable bonds is 4. The van der Waals surface area contributed by atoms with E-state index in [1.807, 2.05) is 19.9 Å². The van der Waals surface area contributed by atoms with Gasteiger partial charge in [-0.15, -0.1) is 0 Å². The molecule has 0 aliphatic carbocycles. The molecule has 1 aromatic rings. The van der Waals surface area contributed by atoms with Crippen molar-refractivity contribution in [1.82, 2.24) is 5.32 Å². The molecule has 0 saturated heterocycles. The fourth-order valence-electron chi connectivity index (χ4n) is 1.16. The summed E-state index contributed by atoms with van der Waals surface area (Å²) in [6.07, 6.45) is -0.257. The van der Waals surface area contributed by atoms with E-state index in [-0.39, 0.29) is 18.4 Å². The maximum Gasteiger partial charge on any atom is 0.320 e. The lowest BCUT2D eigenvalue weighted by Gasteiger charge is -2.07. The Hall–Kier alpha value is -1.84. The normalized spacial score (nSPS) is 9.94. The van der Waals surface area contributed by atoms with Crippen LogP contribution in [0.2, 0.25) is 0 Å². The van der Waals surface area contributed by atoms with Crippen molar-refractivity contribution in [2.24, 2.45) is 0 Å². The molecule has 0 aliphatic rings. The molecule has 0 radical (unpaired) electrons. The molecular weight excluding hydrogens is 206 g/mol. The van der Waals surface area contributed by atoms with E-state index in [2.05, 4.69) is 5.32 Å². The molecule has 1 N–H and O–H groups in total. The summed E-state index contributed by atoms with van der Waals surface area (Å²) in [5.41, 5.74) is 0. The second-order valence-electron chi connectivity index (χ2n) is 3.69. The van der Waals surface area contributed by atoms with Crippen molar-refractivity contribution in [2.75, 3.05) is 0 Å². The van der Waals surface area contributed by atoms with Crippen LogP contribution < -0.4 is 10.1 Å². The number of hydrogen-bond acceptors (Lipinski definition) is 3. The molecule has 0 aliphatic heterocycles. The molecule has 1 aromatic carbocycles. The van der Waals surface area contributed by atoms with Gasteiger partial charge in [0.2, 0.25) is 5.91 Å². The van der Waals surface area contributed by atoms with Gasteiger partial charge in [0, 0.05) is 6.04 Å². The predicted molar refractivity (Wildman–Crippen MR) is 60.0 cm³/mol. The first-order valence-electron chi connectivity index (χ1n) is 5.13. The summed E-state index contributed by atoms with van der Waals surface area (Å²) < 4.78 is 4.97. The van der Waals surface area contributed by atoms with E-state index in [0.29, 0.717) is 5.75 Å². The summed E-state index contributed by atoms with van der Waals surface area (Å²) in [6, 6.07) is 8.70. The van der Waals surface area contributed by atoms with Crippen LogP contribution in [-0.4, -0.2) is 17.9 Å². The van der Waals surface area contributed by atoms with Gasteiger partial charge in [-0.25, -0.2) is 0 Å². The van der Waals surface area contributed by atoms with E-state index < -0.39 is 5.97 Å². The third-order valence-corrected chi connectivity index (χ3v) is 1.73. The minimum absolute atomic E-state index is 0.0250. The first kappa shape index (κ1) is 12.2. The average Bonchev–Trinajstić information content (AvgIpc) is 2.17. The number of nitrogens with one attached hydrogen (secondary N) is 1. The van der Waals surface area contributed by atoms with E-state index in [1.165, 1.54) is 0 Å². The highest BCUT2D eigenvalue weighted by Gasteiger charge is 2.11. The highest BCUT2D eigenvalue weighted by Crippen LogP contribution is 2.08. The Morgan fingerprint density at radius 3 is 2.44 bits per heavy atom. The Morgan fingerprint density at radius 2 is 1.88 bits per heavy atom. The molecule has 0 bridgehead atoms. The number of ether oxygens (including phenoxy) is 1. The second-order valence-corrected chi connectivity index (χ2v) is 3.69. The van der Waals surface area contributed by atoms with Gasteiger partial charge in [0.15, 0.2) is 0 Å². The van der Waals surface area contributed by atoms with E-state index in [9.17, 15) is 9.59 Å². The SMILES string of the molecule is CC(C)NC(=O)CC(=O)Oc1ccccc1. The summed E-state index contributed by atoms with van der Waals surface area (Å²) >= 11 is 0. The Kier molecular flexibility index (Phi) is 4.51. The van der Waals surface area contributed by atoms with Crippen molar-refractivity contribution in [3.05, 3.63) is 30.3 Å². The van der Waals surface area contributed by atoms with Gasteiger partial charge in [-0.2, -0.15) is 0 Å². The zero-order valence-electron chi connectivity index (χ0n) is 9.40. The summed E-state index contributed by atoms with van der Waals surface area (Å²) in [5, 5.41) is 2.62. The Balaban J connectivity index is 2.39. The topological polar surface area (TPSA) is 55.4 Å². The molecule has 0 spiro atoms. The third-order valence-electron chi connectivity index (χ3n) is 1.73. The zero-order valence-corrected chi connectivity index (χ0v) is 9.40. The first-order chi connectivity index (χ1) is 7.58. The summed E-state index contributed by atoms with van der Waals surface area (Å²) in [6.45, 7) is 3.67. The Labute approximate surface area is 94.6 Å². The second kappa shape index (κ2) is 5.90. The van der Waals surface area contributed by atoms with Crippen LogP contribution in [0.25, 0.3) is 0 Å². The molecule has 1 amide bonds. The van der Waals surface area contributed by atoms with Crippen LogP contribution in [0.3, 0.4) is 0 Å². The van der Waals surface area contributed by atoms with Crippen LogP contribution >= 0.6 is 0 Å². The Morgan fingerprint density at radius 1 is 1.25 bits per heavy atom. The van der Waals surface area contributed by atoms with Crippen molar-refractivity contribution < 1.29 is 14.3 Å². The molecule has 86 valence electrons. The van der Waals surface area contributed by atoms with Gasteiger partial charge in [-0.3, -0.25) is 9.59 Å². The molecule has 0 fully saturated rings. The lowest BCUT2D eigenvalue weighted by Crippen LogP contribution is -2.32. The molecule has 4 heteroatoms. The Bertz CT molecular complexity index is 360. The highest BCUT2D eigenvalue weighted by molar-refractivity contribution is 5.95. The molecule has 16 heavy (non-hydrogen) atoms. The number of esters is 1. The standard InChI is InChI=1S/C12H15NO3/c1-9(2)13-11(14)8-12(15)16-10-6-4-3-5-7-10/h3-7,9H,8H2,1-2H3,(H,13,14). The monoisotopic (exact) mass is 221 g/mol. The average molecular weight is 221 g/mol. The van der Waals surface area contributed by atoms with Crippen LogP contribution in [-0.2, 0) is 9.59 Å². The molecule has 0 atom stereocenters. The van der Waals surface area contributed by atoms with Crippen molar-refractivity contribution in [2.45, 2.75) is 26.3 Å². The maximum absolute atomic E-state index is 11.3. The fourth-order valence-corrected chi connectivity index (χ4v) is 1.16. The quantitative estimate of drug-likeness (QED) is 0.476. The molecule has 0 aromatic heterocycles. The van der Waals surface area contributed by atoms with Gasteiger partial charge >= 0.3 is 5.97 Å². The van der Waals surface area contributed by atoms with E-state index in [1.54, 1.807) is 24.3 Å². The number of hydrogen-bond donors (Lipinski definition) is 1. The largest absolute Gasteiger partial charge is 0.426 e. The maximum atomic E-state index is 11.3. The van der Waals surface area contributed by atoms with Gasteiger partial charge in [0.1, 0.15) is 12.2 Å². The molecule has 4 nitrogen and oxygen atoms in total. The zero-order chi connectivity index (χ0) is 12.0. The van der Waals surface area contributed by atoms with E-state index in [0.717, 1.165) is 0 Å². The number of carbonyl (C=O) groups excluding carboxylic acids is 2. The minimum Gasteiger partial charge on any atom is -0.426 e. The van der Waals surface area contributed by atoms with E-state index >= 15 is 0 Å². The highest BCUT2D eigenvalue weighted by atomic mass is 16.5. The number of para-hydroxylation sites is 1. The molecule has 0 saturated carbocycles. The smallest absolute Gasteiger partial charge is 0.320 e.